The molecule has 5 aliphatic rings. The lowest BCUT2D eigenvalue weighted by molar-refractivity contribution is -0.230. The highest BCUT2D eigenvalue weighted by atomic mass is 16.5. The van der Waals surface area contributed by atoms with Gasteiger partial charge >= 0.3 is 5.97 Å². The Labute approximate surface area is 145 Å². The van der Waals surface area contributed by atoms with Crippen LogP contribution in [-0.2, 0) is 9.53 Å². The summed E-state index contributed by atoms with van der Waals surface area (Å²) in [7, 11) is 0. The van der Waals surface area contributed by atoms with Crippen LogP contribution in [0.15, 0.2) is 0 Å². The van der Waals surface area contributed by atoms with Gasteiger partial charge in [-0.25, -0.2) is 0 Å². The minimum atomic E-state index is -0.225. The van der Waals surface area contributed by atoms with Crippen molar-refractivity contribution < 1.29 is 14.6 Å². The molecule has 0 radical (unpaired) electrons. The van der Waals surface area contributed by atoms with Gasteiger partial charge in [0.15, 0.2) is 0 Å². The minimum Gasteiger partial charge on any atom is -0.465 e. The van der Waals surface area contributed by atoms with Crippen molar-refractivity contribution in [3.05, 3.63) is 0 Å². The molecule has 1 aliphatic heterocycles. The van der Waals surface area contributed by atoms with Crippen LogP contribution in [0.4, 0.5) is 0 Å². The molecule has 0 aromatic heterocycles. The maximum absolute atomic E-state index is 12.6. The molecular weight excluding hydrogens is 300 g/mol. The summed E-state index contributed by atoms with van der Waals surface area (Å²) in [6.07, 6.45) is 10.4. The normalized spacial score (nSPS) is 59.1. The number of aliphatic hydroxyl groups is 1. The number of hydrogen-bond donors (Lipinski definition) is 1. The Morgan fingerprint density at radius 2 is 1.83 bits per heavy atom. The molecule has 0 aromatic carbocycles. The Morgan fingerprint density at radius 3 is 2.67 bits per heavy atom. The summed E-state index contributed by atoms with van der Waals surface area (Å²) in [6.45, 7) is 5.22. The Kier molecular flexibility index (Phi) is 3.12. The van der Waals surface area contributed by atoms with Crippen LogP contribution in [0.5, 0.6) is 0 Å². The zero-order chi connectivity index (χ0) is 16.7. The zero-order valence-electron chi connectivity index (χ0n) is 15.2. The molecule has 0 spiro atoms. The summed E-state index contributed by atoms with van der Waals surface area (Å²) < 4.78 is 5.83. The van der Waals surface area contributed by atoms with Gasteiger partial charge in [0.05, 0.1) is 18.1 Å². The van der Waals surface area contributed by atoms with Gasteiger partial charge in [0, 0.05) is 5.41 Å². The number of rotatable bonds is 0. The van der Waals surface area contributed by atoms with Gasteiger partial charge in [0.1, 0.15) is 0 Å². The van der Waals surface area contributed by atoms with Crippen molar-refractivity contribution in [1.82, 2.24) is 0 Å². The third-order valence-electron chi connectivity index (χ3n) is 9.65. The molecule has 8 atom stereocenters. The quantitative estimate of drug-likeness (QED) is 0.684. The Morgan fingerprint density at radius 1 is 1.00 bits per heavy atom. The number of carbonyl (C=O) groups is 1. The topological polar surface area (TPSA) is 46.5 Å². The van der Waals surface area contributed by atoms with Crippen molar-refractivity contribution in [2.75, 3.05) is 6.61 Å². The second-order valence-corrected chi connectivity index (χ2v) is 10.2. The van der Waals surface area contributed by atoms with Gasteiger partial charge in [-0.05, 0) is 87.4 Å². The highest BCUT2D eigenvalue weighted by molar-refractivity contribution is 5.78. The van der Waals surface area contributed by atoms with E-state index in [4.69, 9.17) is 4.74 Å². The molecule has 5 fully saturated rings. The van der Waals surface area contributed by atoms with Crippen LogP contribution in [0.3, 0.4) is 0 Å². The molecule has 3 heteroatoms. The van der Waals surface area contributed by atoms with Crippen molar-refractivity contribution >= 4 is 5.97 Å². The third kappa shape index (κ3) is 1.66. The summed E-state index contributed by atoms with van der Waals surface area (Å²) in [6, 6.07) is 0. The maximum atomic E-state index is 12.6. The number of fused-ring (bicyclic) bond motifs is 3. The fourth-order valence-electron chi connectivity index (χ4n) is 8.44. The molecule has 134 valence electrons. The van der Waals surface area contributed by atoms with E-state index in [1.54, 1.807) is 0 Å². The second kappa shape index (κ2) is 4.78. The first-order valence-electron chi connectivity index (χ1n) is 10.3. The van der Waals surface area contributed by atoms with Crippen LogP contribution >= 0.6 is 0 Å². The van der Waals surface area contributed by atoms with E-state index in [1.165, 1.54) is 44.9 Å². The third-order valence-corrected chi connectivity index (χ3v) is 9.65. The van der Waals surface area contributed by atoms with E-state index in [9.17, 15) is 9.90 Å². The van der Waals surface area contributed by atoms with E-state index in [1.807, 2.05) is 0 Å². The number of carbonyl (C=O) groups excluding carboxylic acids is 1. The van der Waals surface area contributed by atoms with Crippen LogP contribution in [0.2, 0.25) is 0 Å². The molecule has 1 saturated heterocycles. The monoisotopic (exact) mass is 332 g/mol. The molecule has 0 aromatic rings. The van der Waals surface area contributed by atoms with Gasteiger partial charge in [-0.1, -0.05) is 13.3 Å². The van der Waals surface area contributed by atoms with Crippen LogP contribution in [0, 0.1) is 39.9 Å². The molecule has 0 unspecified atom stereocenters. The lowest BCUT2D eigenvalue weighted by atomic mass is 9.40. The van der Waals surface area contributed by atoms with Crippen molar-refractivity contribution in [3.8, 4) is 0 Å². The SMILES string of the molecule is C[C@]12CC[C@H]3[C@@H](CC[C@@H]4[C@]35CCC[C@]4(C)C(=O)OC5)[C@@H]1CC[C@@H]2O. The molecule has 0 amide bonds. The first-order valence-corrected chi connectivity index (χ1v) is 10.3. The van der Waals surface area contributed by atoms with Gasteiger partial charge < -0.3 is 9.84 Å². The first kappa shape index (κ1) is 15.7. The van der Waals surface area contributed by atoms with Gasteiger partial charge in [-0.3, -0.25) is 4.79 Å². The van der Waals surface area contributed by atoms with Crippen LogP contribution < -0.4 is 0 Å². The molecular formula is C21H32O3. The molecule has 2 bridgehead atoms. The molecule has 24 heavy (non-hydrogen) atoms. The van der Waals surface area contributed by atoms with Gasteiger partial charge in [-0.15, -0.1) is 0 Å². The number of cyclic esters (lactones) is 1. The molecule has 1 N–H and O–H groups in total. The average Bonchev–Trinajstić information content (AvgIpc) is 2.87. The maximum Gasteiger partial charge on any atom is 0.312 e. The number of aliphatic hydroxyl groups excluding tert-OH is 1. The number of ether oxygens (including phenoxy) is 1. The second-order valence-electron chi connectivity index (χ2n) is 10.2. The standard InChI is InChI=1S/C21H32O3/c1-19-11-8-15-13(14(19)5-7-17(19)22)4-6-16-20(2)9-3-10-21(15,16)12-24-18(20)23/h13-17,22H,3-12H2,1-2H3/t13-,14-,15-,16-,17-,19-,20-,21-/m0/s1. The molecule has 3 nitrogen and oxygen atoms in total. The van der Waals surface area contributed by atoms with E-state index in [-0.39, 0.29) is 28.3 Å². The molecule has 4 aliphatic carbocycles. The fraction of sp³-hybridized carbons (Fsp3) is 0.952. The van der Waals surface area contributed by atoms with Crippen LogP contribution in [0.25, 0.3) is 0 Å². The van der Waals surface area contributed by atoms with Crippen molar-refractivity contribution in [2.24, 2.45) is 39.9 Å². The van der Waals surface area contributed by atoms with E-state index in [0.717, 1.165) is 18.8 Å². The highest BCUT2D eigenvalue weighted by Gasteiger charge is 2.67. The van der Waals surface area contributed by atoms with Crippen molar-refractivity contribution in [3.63, 3.8) is 0 Å². The number of esters is 1. The van der Waals surface area contributed by atoms with Crippen molar-refractivity contribution in [2.45, 2.75) is 77.7 Å². The Bertz CT molecular complexity index is 573. The smallest absolute Gasteiger partial charge is 0.312 e. The summed E-state index contributed by atoms with van der Waals surface area (Å²) in [4.78, 5) is 12.6. The predicted molar refractivity (Wildman–Crippen MR) is 91.1 cm³/mol. The predicted octanol–water partition coefficient (Wildman–Crippen LogP) is 3.93. The highest BCUT2D eigenvalue weighted by Crippen LogP contribution is 2.70. The van der Waals surface area contributed by atoms with E-state index in [0.29, 0.717) is 24.4 Å². The summed E-state index contributed by atoms with van der Waals surface area (Å²) >= 11 is 0. The lowest BCUT2D eigenvalue weighted by Crippen LogP contribution is -2.64. The summed E-state index contributed by atoms with van der Waals surface area (Å²) in [5.41, 5.74) is 0.171. The van der Waals surface area contributed by atoms with E-state index < -0.39 is 0 Å². The fourth-order valence-corrected chi connectivity index (χ4v) is 8.44. The largest absolute Gasteiger partial charge is 0.465 e. The molecule has 4 saturated carbocycles. The molecule has 1 heterocycles. The van der Waals surface area contributed by atoms with Gasteiger partial charge in [0.2, 0.25) is 0 Å². The Hall–Kier alpha value is -0.570. The van der Waals surface area contributed by atoms with Gasteiger partial charge in [-0.2, -0.15) is 0 Å². The van der Waals surface area contributed by atoms with Crippen molar-refractivity contribution in [1.29, 1.82) is 0 Å². The first-order chi connectivity index (χ1) is 11.4. The van der Waals surface area contributed by atoms with Gasteiger partial charge in [0.25, 0.3) is 0 Å². The zero-order valence-corrected chi connectivity index (χ0v) is 15.2. The minimum absolute atomic E-state index is 0.0817. The lowest BCUT2D eigenvalue weighted by Gasteiger charge is -2.65. The summed E-state index contributed by atoms with van der Waals surface area (Å²) in [5.74, 6) is 2.77. The Balaban J connectivity index is 1.54. The van der Waals surface area contributed by atoms with Crippen LogP contribution in [0.1, 0.15) is 71.6 Å². The summed E-state index contributed by atoms with van der Waals surface area (Å²) in [5, 5.41) is 10.6. The van der Waals surface area contributed by atoms with Crippen LogP contribution in [-0.4, -0.2) is 23.8 Å². The average molecular weight is 332 g/mol. The van der Waals surface area contributed by atoms with E-state index in [2.05, 4.69) is 13.8 Å². The number of hydrogen-bond acceptors (Lipinski definition) is 3. The van der Waals surface area contributed by atoms with E-state index >= 15 is 0 Å². The molecule has 5 rings (SSSR count).